The molecule has 5 atom stereocenters. The van der Waals surface area contributed by atoms with Gasteiger partial charge < -0.3 is 25.8 Å². The van der Waals surface area contributed by atoms with Crippen molar-refractivity contribution in [3.8, 4) is 5.75 Å². The van der Waals surface area contributed by atoms with Crippen molar-refractivity contribution in [2.45, 2.75) is 50.4 Å². The summed E-state index contributed by atoms with van der Waals surface area (Å²) in [5, 5.41) is 19.1. The second kappa shape index (κ2) is 10.6. The number of anilines is 3. The molecule has 1 fully saturated rings. The predicted octanol–water partition coefficient (Wildman–Crippen LogP) is 4.97. The highest BCUT2D eigenvalue weighted by molar-refractivity contribution is 6.32. The number of allylic oxidation sites excluding steroid dienone is 1. The number of carboxylic acid groups (broad SMARTS) is 1. The number of hydrogen-bond donors (Lipinski definition) is 4. The third-order valence-electron chi connectivity index (χ3n) is 7.70. The van der Waals surface area contributed by atoms with Gasteiger partial charge >= 0.3 is 12.1 Å². The summed E-state index contributed by atoms with van der Waals surface area (Å²) in [6, 6.07) is 3.21. The quantitative estimate of drug-likeness (QED) is 0.269. The third-order valence-corrected chi connectivity index (χ3v) is 7.97. The van der Waals surface area contributed by atoms with E-state index in [0.717, 1.165) is 17.5 Å². The molecule has 0 amide bonds. The van der Waals surface area contributed by atoms with Crippen molar-refractivity contribution < 1.29 is 27.8 Å². The number of aryl methyl sites for hydroxylation is 1. The maximum absolute atomic E-state index is 12.7. The molecule has 2 aromatic rings. The molecular weight excluding hydrogens is 523 g/mol. The Morgan fingerprint density at radius 2 is 1.97 bits per heavy atom. The number of nitrogens with one attached hydrogen (secondary N) is 3. The Labute approximate surface area is 223 Å². The molecule has 1 saturated carbocycles. The highest BCUT2D eigenvalue weighted by atomic mass is 35.5. The standard InChI is InChI=1S/C26H29ClF3N5O3/c1-38-22-17-8-7-16(32-12-26(28,29)30)6-4-13(17)5-9-19(22)33-25-31-11-18(27)23(35-25)34-21-15-3-2-14(10-15)20(21)24(36)37/h2-3,5,9,11,14-16,20-21,32H,4,6-8,10,12H2,1H3,(H,36,37)(H2,31,33,34,35)/t14-,15+,16?,20+,21-/m1/s1. The van der Waals surface area contributed by atoms with Gasteiger partial charge in [0.1, 0.15) is 10.8 Å². The Bertz CT molecular complexity index is 1240. The largest absolute Gasteiger partial charge is 0.494 e. The van der Waals surface area contributed by atoms with Crippen molar-refractivity contribution in [1.82, 2.24) is 15.3 Å². The van der Waals surface area contributed by atoms with Gasteiger partial charge in [-0.15, -0.1) is 0 Å². The summed E-state index contributed by atoms with van der Waals surface area (Å²) in [7, 11) is 1.55. The van der Waals surface area contributed by atoms with Crippen LogP contribution in [0.1, 0.15) is 30.4 Å². The first kappa shape index (κ1) is 26.6. The second-order valence-electron chi connectivity index (χ2n) is 10.1. The van der Waals surface area contributed by atoms with E-state index in [1.165, 1.54) is 6.20 Å². The SMILES string of the molecule is COc1c(Nc2ncc(Cl)c(N[C@H]3[C@@H](C(=O)O)[C@@H]4C=C[C@H]3C4)n2)ccc2c1CCC(NCC(F)(F)F)CC2. The van der Waals surface area contributed by atoms with Crippen LogP contribution < -0.4 is 20.7 Å². The Balaban J connectivity index is 1.33. The van der Waals surface area contributed by atoms with Gasteiger partial charge in [-0.2, -0.15) is 18.2 Å². The lowest BCUT2D eigenvalue weighted by Gasteiger charge is -2.26. The van der Waals surface area contributed by atoms with E-state index >= 15 is 0 Å². The molecule has 38 heavy (non-hydrogen) atoms. The van der Waals surface area contributed by atoms with Gasteiger partial charge in [-0.05, 0) is 61.1 Å². The normalized spacial score (nSPS) is 26.1. The number of carboxylic acids is 1. The number of carbonyl (C=O) groups is 1. The summed E-state index contributed by atoms with van der Waals surface area (Å²) < 4.78 is 43.7. The summed E-state index contributed by atoms with van der Waals surface area (Å²) in [4.78, 5) is 20.7. The minimum absolute atomic E-state index is 0.0136. The van der Waals surface area contributed by atoms with Crippen molar-refractivity contribution >= 4 is 35.0 Å². The number of ether oxygens (including phenoxy) is 1. The van der Waals surface area contributed by atoms with Gasteiger partial charge in [-0.3, -0.25) is 4.79 Å². The zero-order chi connectivity index (χ0) is 27.0. The summed E-state index contributed by atoms with van der Waals surface area (Å²) in [5.74, 6) is -0.160. The molecule has 0 aliphatic heterocycles. The van der Waals surface area contributed by atoms with Crippen molar-refractivity contribution in [3.63, 3.8) is 0 Å². The molecule has 0 spiro atoms. The molecule has 0 saturated heterocycles. The summed E-state index contributed by atoms with van der Waals surface area (Å²) >= 11 is 6.36. The van der Waals surface area contributed by atoms with Crippen LogP contribution in [0.15, 0.2) is 30.5 Å². The highest BCUT2D eigenvalue weighted by Crippen LogP contribution is 2.45. The van der Waals surface area contributed by atoms with Crippen molar-refractivity contribution in [2.24, 2.45) is 17.8 Å². The first-order valence-electron chi connectivity index (χ1n) is 12.6. The van der Waals surface area contributed by atoms with Crippen molar-refractivity contribution in [3.05, 3.63) is 46.6 Å². The molecule has 3 aliphatic rings. The summed E-state index contributed by atoms with van der Waals surface area (Å²) in [5.41, 5.74) is 2.60. The highest BCUT2D eigenvalue weighted by Gasteiger charge is 2.48. The molecular formula is C26H29ClF3N5O3. The van der Waals surface area contributed by atoms with Gasteiger partial charge in [-0.1, -0.05) is 29.8 Å². The lowest BCUT2D eigenvalue weighted by molar-refractivity contribution is -0.142. The van der Waals surface area contributed by atoms with E-state index < -0.39 is 24.6 Å². The molecule has 204 valence electrons. The fraction of sp³-hybridized carbons (Fsp3) is 0.500. The van der Waals surface area contributed by atoms with Crippen LogP contribution in [0.25, 0.3) is 0 Å². The Morgan fingerprint density at radius 3 is 2.71 bits per heavy atom. The topological polar surface area (TPSA) is 108 Å². The van der Waals surface area contributed by atoms with E-state index in [2.05, 4.69) is 25.9 Å². The summed E-state index contributed by atoms with van der Waals surface area (Å²) in [6.07, 6.45) is 4.34. The van der Waals surface area contributed by atoms with Crippen LogP contribution in [-0.4, -0.2) is 53.0 Å². The first-order chi connectivity index (χ1) is 18.1. The van der Waals surface area contributed by atoms with Gasteiger partial charge in [0.2, 0.25) is 5.95 Å². The lowest BCUT2D eigenvalue weighted by atomic mass is 9.89. The fourth-order valence-corrected chi connectivity index (χ4v) is 6.07. The van der Waals surface area contributed by atoms with Crippen LogP contribution in [0.4, 0.5) is 30.6 Å². The van der Waals surface area contributed by atoms with E-state index in [0.29, 0.717) is 42.9 Å². The average molecular weight is 552 g/mol. The van der Waals surface area contributed by atoms with E-state index in [1.807, 2.05) is 24.3 Å². The number of fused-ring (bicyclic) bond motifs is 3. The Morgan fingerprint density at radius 1 is 1.21 bits per heavy atom. The van der Waals surface area contributed by atoms with Gasteiger partial charge in [-0.25, -0.2) is 4.98 Å². The van der Waals surface area contributed by atoms with Gasteiger partial charge in [0, 0.05) is 12.1 Å². The van der Waals surface area contributed by atoms with Gasteiger partial charge in [0.25, 0.3) is 0 Å². The number of methoxy groups -OCH3 is 1. The zero-order valence-electron chi connectivity index (χ0n) is 20.7. The number of rotatable bonds is 8. The van der Waals surface area contributed by atoms with Crippen LogP contribution in [-0.2, 0) is 17.6 Å². The third kappa shape index (κ3) is 5.54. The van der Waals surface area contributed by atoms with Crippen LogP contribution in [0.3, 0.4) is 0 Å². The molecule has 1 heterocycles. The fourth-order valence-electron chi connectivity index (χ4n) is 5.93. The monoisotopic (exact) mass is 551 g/mol. The number of alkyl halides is 3. The molecule has 0 radical (unpaired) electrons. The van der Waals surface area contributed by atoms with Crippen LogP contribution in [0, 0.1) is 17.8 Å². The van der Waals surface area contributed by atoms with Crippen molar-refractivity contribution in [2.75, 3.05) is 24.3 Å². The molecule has 1 unspecified atom stereocenters. The number of aliphatic carboxylic acids is 1. The maximum Gasteiger partial charge on any atom is 0.401 e. The molecule has 8 nitrogen and oxygen atoms in total. The number of aromatic nitrogens is 2. The first-order valence-corrected chi connectivity index (χ1v) is 13.0. The molecule has 2 bridgehead atoms. The molecule has 4 N–H and O–H groups in total. The van der Waals surface area contributed by atoms with Gasteiger partial charge in [0.05, 0.1) is 31.5 Å². The van der Waals surface area contributed by atoms with E-state index in [4.69, 9.17) is 16.3 Å². The lowest BCUT2D eigenvalue weighted by Crippen LogP contribution is -2.38. The Kier molecular flexibility index (Phi) is 7.41. The molecule has 12 heteroatoms. The van der Waals surface area contributed by atoms with E-state index in [-0.39, 0.29) is 34.9 Å². The molecule has 5 rings (SSSR count). The van der Waals surface area contributed by atoms with E-state index in [1.54, 1.807) is 7.11 Å². The number of halogens is 4. The van der Waals surface area contributed by atoms with E-state index in [9.17, 15) is 23.1 Å². The van der Waals surface area contributed by atoms with Crippen LogP contribution >= 0.6 is 11.6 Å². The average Bonchev–Trinajstić information content (AvgIpc) is 3.40. The van der Waals surface area contributed by atoms with Crippen LogP contribution in [0.2, 0.25) is 5.02 Å². The maximum atomic E-state index is 12.7. The molecule has 1 aromatic heterocycles. The number of benzene rings is 1. The minimum atomic E-state index is -4.25. The number of hydrogen-bond acceptors (Lipinski definition) is 7. The zero-order valence-corrected chi connectivity index (χ0v) is 21.4. The smallest absolute Gasteiger partial charge is 0.401 e. The molecule has 1 aromatic carbocycles. The minimum Gasteiger partial charge on any atom is -0.494 e. The van der Waals surface area contributed by atoms with Crippen molar-refractivity contribution in [1.29, 1.82) is 0 Å². The Hall–Kier alpha value is -3.05. The molecule has 3 aliphatic carbocycles. The second-order valence-corrected chi connectivity index (χ2v) is 10.5. The predicted molar refractivity (Wildman–Crippen MR) is 137 cm³/mol. The van der Waals surface area contributed by atoms with Crippen LogP contribution in [0.5, 0.6) is 5.75 Å². The summed E-state index contributed by atoms with van der Waals surface area (Å²) in [6.45, 7) is -1.01. The number of nitrogens with zero attached hydrogens (tertiary/aromatic N) is 2. The van der Waals surface area contributed by atoms with Gasteiger partial charge in [0.15, 0.2) is 5.82 Å².